The summed E-state index contributed by atoms with van der Waals surface area (Å²) in [6.07, 6.45) is 12.3. The number of hydrogen-bond acceptors (Lipinski definition) is 20. The Hall–Kier alpha value is -4.32. The zero-order chi connectivity index (χ0) is 108. The molecule has 49 heteroatoms. The number of nitrogens with zero attached hydrogens (tertiary/aromatic N) is 2. The number of aromatic nitrogens is 8. The maximum absolute atomic E-state index is 12.5. The Morgan fingerprint density at radius 3 is 1.12 bits per heavy atom. The molecule has 14 aromatic rings. The Kier molecular flexibility index (Phi) is 50.8. The number of carbonyl (C=O) groups excluding carboxylic acids is 4. The van der Waals surface area contributed by atoms with E-state index >= 15 is 0 Å². The molecule has 786 valence electrons. The van der Waals surface area contributed by atoms with Gasteiger partial charge in [-0.1, -0.05) is 152 Å². The molecule has 0 amide bonds. The summed E-state index contributed by atoms with van der Waals surface area (Å²) in [5, 5.41) is 17.3. The normalized spacial score (nSPS) is 14.5. The van der Waals surface area contributed by atoms with Crippen LogP contribution in [0.15, 0.2) is 167 Å². The van der Waals surface area contributed by atoms with Crippen molar-refractivity contribution in [3.05, 3.63) is 229 Å². The predicted molar refractivity (Wildman–Crippen MR) is 619 cm³/mol. The number of hydrogen-bond donors (Lipinski definition) is 7. The molecule has 0 bridgehead atoms. The molecule has 6 aromatic carbocycles. The fraction of sp³-hybridized carbons (Fsp3) is 0.357. The first-order valence-corrected chi connectivity index (χ1v) is 54.5. The number of halogens is 18. The number of ketones is 1. The molecule has 8 aromatic heterocycles. The van der Waals surface area contributed by atoms with E-state index in [1.807, 2.05) is 129 Å². The maximum Gasteiger partial charge on any atom is 1.00 e. The second-order valence-corrected chi connectivity index (χ2v) is 49.6. The van der Waals surface area contributed by atoms with Gasteiger partial charge in [0, 0.05) is 217 Å². The fourth-order valence-corrected chi connectivity index (χ4v) is 17.5. The first-order chi connectivity index (χ1) is 67.7. The summed E-state index contributed by atoms with van der Waals surface area (Å²) in [5.41, 5.74) is 7.51. The number of methoxy groups -OCH3 is 2. The van der Waals surface area contributed by atoms with Gasteiger partial charge in [-0.3, -0.25) is 4.79 Å². The van der Waals surface area contributed by atoms with Crippen LogP contribution in [0.5, 0.6) is 11.8 Å². The van der Waals surface area contributed by atoms with Gasteiger partial charge in [0.15, 0.2) is 0 Å². The van der Waals surface area contributed by atoms with Gasteiger partial charge in [0.1, 0.15) is 26.0 Å². The number of alkyl halides is 5. The number of esters is 3. The van der Waals surface area contributed by atoms with Crippen LogP contribution in [0, 0.1) is 19.8 Å². The number of pyridine rings is 2. The number of carboxylic acid groups (broad SMARTS) is 1. The van der Waals surface area contributed by atoms with E-state index in [1.165, 1.54) is 30.6 Å². The summed E-state index contributed by atoms with van der Waals surface area (Å²) in [5.74, 6) is -1.54. The van der Waals surface area contributed by atoms with Crippen molar-refractivity contribution in [2.24, 2.45) is 16.2 Å². The zero-order valence-corrected chi connectivity index (χ0v) is 105. The smallest absolute Gasteiger partial charge is 0.870 e. The average molecular weight is 2750 g/mol. The fourth-order valence-electron chi connectivity index (χ4n) is 13.5. The Morgan fingerprint density at radius 1 is 0.429 bits per heavy atom. The molecule has 0 atom stereocenters. The van der Waals surface area contributed by atoms with Gasteiger partial charge in [-0.25, -0.2) is 29.1 Å². The topological polar surface area (TPSA) is 367 Å². The molecule has 4 fully saturated rings. The van der Waals surface area contributed by atoms with E-state index in [0.29, 0.717) is 134 Å². The van der Waals surface area contributed by atoms with E-state index in [0.717, 1.165) is 90.2 Å². The molecule has 0 radical (unpaired) electrons. The minimum Gasteiger partial charge on any atom is -0.870 e. The number of aromatic carboxylic acids is 1. The van der Waals surface area contributed by atoms with Crippen LogP contribution in [0.2, 0.25) is 30.1 Å². The number of rotatable bonds is 10. The Bertz CT molecular complexity index is 6800. The standard InChI is InChI=1S/C19H18BrClN2O3.C18H23BClNO4.C13H13BrClNO2.C10H20B2O4.C10H4BrCl4NO.C9H5BrClNO2.C8H5BrClN.C6H5BrINO.C4H8O.CH2Cl2.Na.H2O/c1-19(2,3)26-18(24)13-9-22-15-8-14(21)11(7-12(13)15)10-5-6-16(20)23-17(10)25-4;1-17(2,3)25-16(22)12-8-21-15-7-14(20)13(6-11(12)15)19-23-9-18(4,5)10-24-19;1-13(2,3)18-12(17)8-6-16-11-5-10(15)9(14)4-7(8)11;1-9(2)5-13-11(14-6-9)12-15-7-10(3,4)8-16-12;11-6-1-4-5(9(17)10(13,14)15)3-16-8(4)2-7(6)12;10-6-1-4-5(9(13)14)3-12-8(4)2-7(6)11;9-6-3-5-1-2-11-8(5)4-7(6)10;1-10-6-4(8)2-3-5(7)9-6;1-2-4-5-3-1;2-1-3;;/h5-9,22H,1-4H3;6-8,21H,9-10H2,1-5H3;4-6,16H,1-3H3;5-8H2,1-4H3;1-3,16H;1-3,12H,(H,13,14);1-4,11H;2-3H,1H3;1-4H2;1H2;;1H2/q;;;;;;;;;;+1;/p-1. The van der Waals surface area contributed by atoms with Crippen LogP contribution in [0.3, 0.4) is 0 Å². The summed E-state index contributed by atoms with van der Waals surface area (Å²) >= 11 is 84.8. The molecule has 147 heavy (non-hydrogen) atoms. The second-order valence-electron chi connectivity index (χ2n) is 37.9. The van der Waals surface area contributed by atoms with Crippen LogP contribution >= 0.6 is 246 Å². The van der Waals surface area contributed by atoms with Gasteiger partial charge < -0.3 is 96.8 Å². The summed E-state index contributed by atoms with van der Waals surface area (Å²) in [4.78, 5) is 86.1. The molecule has 12 heterocycles. The second kappa shape index (κ2) is 57.6. The summed E-state index contributed by atoms with van der Waals surface area (Å²) in [7, 11) is 1.88. The quantitative estimate of drug-likeness (QED) is 0.0127. The molecule has 4 aliphatic heterocycles. The number of nitrogens with one attached hydrogen (secondary N) is 6. The third-order valence-electron chi connectivity index (χ3n) is 20.3. The number of H-pyrrole nitrogens is 6. The number of aromatic amines is 6. The van der Waals surface area contributed by atoms with Crippen molar-refractivity contribution >= 4 is 367 Å². The molecule has 0 unspecified atom stereocenters. The van der Waals surface area contributed by atoms with E-state index in [2.05, 4.69) is 200 Å². The van der Waals surface area contributed by atoms with Gasteiger partial charge >= 0.3 is 74.6 Å². The number of benzene rings is 6. The third kappa shape index (κ3) is 38.9. The molecule has 0 aliphatic carbocycles. The van der Waals surface area contributed by atoms with Crippen LogP contribution < -0.4 is 44.5 Å². The monoisotopic (exact) mass is 2740 g/mol. The Labute approximate surface area is 994 Å². The predicted octanol–water partition coefficient (Wildman–Crippen LogP) is 28.4. The number of Topliss-reactive ketones (excluding diaryl/α,β-unsaturated/α-hetero) is 1. The first kappa shape index (κ1) is 130. The third-order valence-corrected chi connectivity index (χ3v) is 28.0. The Morgan fingerprint density at radius 2 is 0.755 bits per heavy atom. The number of carboxylic acids is 1. The van der Waals surface area contributed by atoms with Crippen LogP contribution in [0.4, 0.5) is 0 Å². The number of ether oxygens (including phenoxy) is 6. The molecule has 0 saturated carbocycles. The van der Waals surface area contributed by atoms with E-state index in [-0.39, 0.29) is 88.1 Å². The van der Waals surface area contributed by atoms with Crippen molar-refractivity contribution in [3.8, 4) is 22.9 Å². The van der Waals surface area contributed by atoms with Crippen molar-refractivity contribution < 1.29 is 120 Å². The van der Waals surface area contributed by atoms with Crippen LogP contribution in [0.25, 0.3) is 76.5 Å². The van der Waals surface area contributed by atoms with Gasteiger partial charge in [-0.05, 0) is 290 Å². The zero-order valence-electron chi connectivity index (χ0n) is 82.8. The Balaban J connectivity index is 0.000000228. The van der Waals surface area contributed by atoms with Crippen molar-refractivity contribution in [1.29, 1.82) is 0 Å². The van der Waals surface area contributed by atoms with Gasteiger partial charge in [0.2, 0.25) is 17.5 Å². The maximum atomic E-state index is 12.5. The first-order valence-electron chi connectivity index (χ1n) is 44.2. The molecule has 0 spiro atoms. The molecule has 18 rings (SSSR count). The van der Waals surface area contributed by atoms with Gasteiger partial charge in [-0.2, -0.15) is 0 Å². The van der Waals surface area contributed by atoms with Gasteiger partial charge in [0.05, 0.1) is 70.5 Å². The largest absolute Gasteiger partial charge is 1.00 e. The molecule has 4 aliphatic rings. The minimum absolute atomic E-state index is 0. The minimum atomic E-state index is -1.97. The SMILES string of the molecule is C1CCOC1.CC(C)(C)OC(=O)c1c[nH]c2cc(Cl)c(Br)cc12.CC1(C)COB(B2OCC(C)(C)CO2)OC1.CC1(C)COB(c2cc3c(C(=O)OC(C)(C)C)c[nH]c3cc2Cl)OC1.COc1nc(Br)ccc1-c1cc2c(C(=O)OC(C)(C)C)c[nH]c2cc1Cl.COc1nc(Br)ccc1I.ClCCl.Clc1cc2[nH]ccc2cc1Br.O=C(O)c1c[nH]c2cc(Cl)c(Br)cc12.O=C(c1c[nH]c2cc(Cl)c(Br)cc12)C(Cl)(Cl)Cl.[Na+].[OH-]. The molecule has 4 saturated heterocycles. The average Bonchev–Trinajstić information content (AvgIpc) is 1.64. The van der Waals surface area contributed by atoms with Gasteiger partial charge in [-0.15, -0.1) is 23.2 Å². The number of carbonyl (C=O) groups is 5. The van der Waals surface area contributed by atoms with Crippen molar-refractivity contribution in [2.45, 2.75) is 137 Å². The van der Waals surface area contributed by atoms with Gasteiger partial charge in [0.25, 0.3) is 3.79 Å². The molecular weight excluding hydrogens is 2640 g/mol. The summed E-state index contributed by atoms with van der Waals surface area (Å²) in [6.45, 7) is 35.1. The van der Waals surface area contributed by atoms with E-state index < -0.39 is 45.4 Å². The van der Waals surface area contributed by atoms with Crippen molar-refractivity contribution in [1.82, 2.24) is 39.9 Å². The molecular formula is C98H104B3Br6Cl11IN8NaO19. The molecule has 27 nitrogen and oxygen atoms in total. The van der Waals surface area contributed by atoms with E-state index in [9.17, 15) is 24.0 Å². The molecule has 8 N–H and O–H groups in total. The summed E-state index contributed by atoms with van der Waals surface area (Å²) < 4.78 is 69.3. The van der Waals surface area contributed by atoms with Crippen LogP contribution in [-0.4, -0.2) is 194 Å². The van der Waals surface area contributed by atoms with Crippen LogP contribution in [-0.2, 0) is 46.9 Å². The van der Waals surface area contributed by atoms with Crippen molar-refractivity contribution in [3.63, 3.8) is 0 Å². The summed E-state index contributed by atoms with van der Waals surface area (Å²) in [6, 6.07) is 31.0. The number of fused-ring (bicyclic) bond motifs is 6. The van der Waals surface area contributed by atoms with Crippen molar-refractivity contribution in [2.75, 3.05) is 72.4 Å². The van der Waals surface area contributed by atoms with Crippen LogP contribution in [0.1, 0.15) is 168 Å². The van der Waals surface area contributed by atoms with E-state index in [4.69, 9.17) is 189 Å². The van der Waals surface area contributed by atoms with E-state index in [1.54, 1.807) is 75.3 Å².